The number of carbonyl (C=O) groups is 1. The normalized spacial score (nSPS) is 17.3. The maximum absolute atomic E-state index is 12.7. The van der Waals surface area contributed by atoms with E-state index in [1.807, 2.05) is 35.4 Å². The molecule has 0 radical (unpaired) electrons. The summed E-state index contributed by atoms with van der Waals surface area (Å²) in [6.07, 6.45) is 2.16. The van der Waals surface area contributed by atoms with Crippen molar-refractivity contribution < 1.29 is 14.3 Å². The van der Waals surface area contributed by atoms with Crippen LogP contribution in [0.25, 0.3) is 0 Å². The molecule has 1 aromatic carbocycles. The Morgan fingerprint density at radius 2 is 1.83 bits per heavy atom. The summed E-state index contributed by atoms with van der Waals surface area (Å²) in [7, 11) is 1.63. The highest BCUT2D eigenvalue weighted by Gasteiger charge is 2.23. The van der Waals surface area contributed by atoms with Crippen LogP contribution >= 0.6 is 0 Å². The van der Waals surface area contributed by atoms with Crippen molar-refractivity contribution in [1.82, 2.24) is 15.1 Å². The first-order valence-corrected chi connectivity index (χ1v) is 10.0. The van der Waals surface area contributed by atoms with Gasteiger partial charge in [-0.15, -0.1) is 5.10 Å². The predicted molar refractivity (Wildman–Crippen MR) is 111 cm³/mol. The van der Waals surface area contributed by atoms with E-state index in [2.05, 4.69) is 26.1 Å². The lowest BCUT2D eigenvalue weighted by molar-refractivity contribution is -0.130. The topological polar surface area (TPSA) is 71.0 Å². The summed E-state index contributed by atoms with van der Waals surface area (Å²) >= 11 is 0. The first-order valence-electron chi connectivity index (χ1n) is 10.0. The number of carbonyl (C=O) groups excluding carboxylic acids is 1. The number of nitrogens with zero attached hydrogens (tertiary/aromatic N) is 5. The fourth-order valence-corrected chi connectivity index (χ4v) is 3.80. The second-order valence-electron chi connectivity index (χ2n) is 7.23. The lowest BCUT2D eigenvalue weighted by atomic mass is 10.1. The molecule has 2 aromatic rings. The van der Waals surface area contributed by atoms with Crippen molar-refractivity contribution in [2.75, 3.05) is 69.4 Å². The van der Waals surface area contributed by atoms with Gasteiger partial charge in [-0.25, -0.2) is 0 Å². The summed E-state index contributed by atoms with van der Waals surface area (Å²) < 4.78 is 10.8. The molecule has 2 aliphatic heterocycles. The quantitative estimate of drug-likeness (QED) is 0.751. The van der Waals surface area contributed by atoms with E-state index in [0.29, 0.717) is 19.5 Å². The fourth-order valence-electron chi connectivity index (χ4n) is 3.80. The number of aromatic nitrogens is 2. The number of methoxy groups -OCH3 is 1. The number of para-hydroxylation sites is 1. The Morgan fingerprint density at radius 1 is 1.07 bits per heavy atom. The SMILES string of the molecule is COc1ccccc1CC(=O)N1CCN(c2cc(N3CCOCC3)cnn2)CC1. The van der Waals surface area contributed by atoms with Gasteiger partial charge in [0.1, 0.15) is 5.75 Å². The van der Waals surface area contributed by atoms with Crippen LogP contribution in [0.3, 0.4) is 0 Å². The zero-order valence-electron chi connectivity index (χ0n) is 16.8. The largest absolute Gasteiger partial charge is 0.496 e. The summed E-state index contributed by atoms with van der Waals surface area (Å²) in [6.45, 7) is 6.08. The van der Waals surface area contributed by atoms with Gasteiger partial charge in [0.2, 0.25) is 5.91 Å². The Labute approximate surface area is 171 Å². The van der Waals surface area contributed by atoms with Crippen molar-refractivity contribution in [3.05, 3.63) is 42.1 Å². The second kappa shape index (κ2) is 9.09. The summed E-state index contributed by atoms with van der Waals surface area (Å²) in [5.41, 5.74) is 2.00. The molecule has 2 fully saturated rings. The van der Waals surface area contributed by atoms with Gasteiger partial charge in [0.25, 0.3) is 0 Å². The average molecular weight is 397 g/mol. The zero-order chi connectivity index (χ0) is 20.1. The molecule has 154 valence electrons. The van der Waals surface area contributed by atoms with Gasteiger partial charge in [0, 0.05) is 50.9 Å². The Balaban J connectivity index is 1.35. The van der Waals surface area contributed by atoms with Gasteiger partial charge >= 0.3 is 0 Å². The highest BCUT2D eigenvalue weighted by Crippen LogP contribution is 2.22. The van der Waals surface area contributed by atoms with Crippen LogP contribution in [-0.2, 0) is 16.0 Å². The summed E-state index contributed by atoms with van der Waals surface area (Å²) in [5, 5.41) is 8.51. The molecule has 0 atom stereocenters. The van der Waals surface area contributed by atoms with Crippen LogP contribution in [0.4, 0.5) is 11.5 Å². The maximum atomic E-state index is 12.7. The minimum absolute atomic E-state index is 0.127. The molecule has 0 N–H and O–H groups in total. The number of amides is 1. The van der Waals surface area contributed by atoms with Gasteiger partial charge in [-0.1, -0.05) is 18.2 Å². The Kier molecular flexibility index (Phi) is 6.09. The van der Waals surface area contributed by atoms with Crippen LogP contribution in [0.15, 0.2) is 36.5 Å². The molecule has 2 saturated heterocycles. The lowest BCUT2D eigenvalue weighted by Gasteiger charge is -2.36. The van der Waals surface area contributed by atoms with Gasteiger partial charge < -0.3 is 24.2 Å². The molecule has 0 unspecified atom stereocenters. The highest BCUT2D eigenvalue weighted by atomic mass is 16.5. The molecule has 0 spiro atoms. The van der Waals surface area contributed by atoms with Crippen molar-refractivity contribution in [2.45, 2.75) is 6.42 Å². The molecule has 3 heterocycles. The third-order valence-corrected chi connectivity index (χ3v) is 5.49. The van der Waals surface area contributed by atoms with E-state index in [0.717, 1.165) is 62.2 Å². The van der Waals surface area contributed by atoms with E-state index in [1.165, 1.54) is 0 Å². The Morgan fingerprint density at radius 3 is 2.59 bits per heavy atom. The second-order valence-corrected chi connectivity index (χ2v) is 7.23. The van der Waals surface area contributed by atoms with E-state index >= 15 is 0 Å². The van der Waals surface area contributed by atoms with Gasteiger partial charge in [-0.05, 0) is 6.07 Å². The average Bonchev–Trinajstić information content (AvgIpc) is 2.80. The molecule has 4 rings (SSSR count). The van der Waals surface area contributed by atoms with Gasteiger partial charge in [-0.3, -0.25) is 4.79 Å². The van der Waals surface area contributed by atoms with Gasteiger partial charge in [0.05, 0.1) is 38.6 Å². The number of benzene rings is 1. The third kappa shape index (κ3) is 4.59. The first-order chi connectivity index (χ1) is 14.2. The van der Waals surface area contributed by atoms with Crippen LogP contribution in [0.1, 0.15) is 5.56 Å². The molecule has 0 bridgehead atoms. The molecule has 2 aliphatic rings. The van der Waals surface area contributed by atoms with Gasteiger partial charge in [0.15, 0.2) is 5.82 Å². The van der Waals surface area contributed by atoms with E-state index in [9.17, 15) is 4.79 Å². The summed E-state index contributed by atoms with van der Waals surface area (Å²) in [4.78, 5) is 19.1. The molecule has 8 nitrogen and oxygen atoms in total. The first kappa shape index (κ1) is 19.4. The van der Waals surface area contributed by atoms with Crippen LogP contribution < -0.4 is 14.5 Å². The summed E-state index contributed by atoms with van der Waals surface area (Å²) in [6, 6.07) is 9.77. The van der Waals surface area contributed by atoms with E-state index in [1.54, 1.807) is 7.11 Å². The van der Waals surface area contributed by atoms with E-state index in [-0.39, 0.29) is 5.91 Å². The third-order valence-electron chi connectivity index (χ3n) is 5.49. The maximum Gasteiger partial charge on any atom is 0.227 e. The lowest BCUT2D eigenvalue weighted by Crippen LogP contribution is -2.49. The van der Waals surface area contributed by atoms with E-state index < -0.39 is 0 Å². The summed E-state index contributed by atoms with van der Waals surface area (Å²) in [5.74, 6) is 1.75. The van der Waals surface area contributed by atoms with Crippen LogP contribution in [0, 0.1) is 0 Å². The number of anilines is 2. The Hall–Kier alpha value is -2.87. The van der Waals surface area contributed by atoms with Crippen molar-refractivity contribution in [3.8, 4) is 5.75 Å². The number of piperazine rings is 1. The fraction of sp³-hybridized carbons (Fsp3) is 0.476. The molecular formula is C21H27N5O3. The molecule has 1 amide bonds. The number of hydrogen-bond acceptors (Lipinski definition) is 7. The predicted octanol–water partition coefficient (Wildman–Crippen LogP) is 1.21. The number of rotatable bonds is 5. The number of ether oxygens (including phenoxy) is 2. The van der Waals surface area contributed by atoms with E-state index in [4.69, 9.17) is 9.47 Å². The zero-order valence-corrected chi connectivity index (χ0v) is 16.8. The van der Waals surface area contributed by atoms with Crippen molar-refractivity contribution in [3.63, 3.8) is 0 Å². The monoisotopic (exact) mass is 397 g/mol. The highest BCUT2D eigenvalue weighted by molar-refractivity contribution is 5.79. The van der Waals surface area contributed by atoms with Crippen LogP contribution in [0.5, 0.6) is 5.75 Å². The van der Waals surface area contributed by atoms with Crippen molar-refractivity contribution in [2.24, 2.45) is 0 Å². The smallest absolute Gasteiger partial charge is 0.227 e. The molecular weight excluding hydrogens is 370 g/mol. The molecule has 8 heteroatoms. The molecule has 0 aliphatic carbocycles. The number of hydrogen-bond donors (Lipinski definition) is 0. The van der Waals surface area contributed by atoms with Crippen LogP contribution in [-0.4, -0.2) is 80.6 Å². The molecule has 1 aromatic heterocycles. The van der Waals surface area contributed by atoms with Crippen molar-refractivity contribution >= 4 is 17.4 Å². The van der Waals surface area contributed by atoms with Gasteiger partial charge in [-0.2, -0.15) is 5.10 Å². The molecule has 29 heavy (non-hydrogen) atoms. The minimum Gasteiger partial charge on any atom is -0.496 e. The van der Waals surface area contributed by atoms with Crippen LogP contribution in [0.2, 0.25) is 0 Å². The Bertz CT molecular complexity index is 833. The number of morpholine rings is 1. The molecule has 0 saturated carbocycles. The van der Waals surface area contributed by atoms with Crippen molar-refractivity contribution in [1.29, 1.82) is 0 Å². The minimum atomic E-state index is 0.127. The standard InChI is InChI=1S/C21H27N5O3/c1-28-19-5-3-2-4-17(19)14-21(27)26-8-6-25(7-9-26)20-15-18(16-22-23-20)24-10-12-29-13-11-24/h2-5,15-16H,6-14H2,1H3.